The Morgan fingerprint density at radius 3 is 2.56 bits per heavy atom. The summed E-state index contributed by atoms with van der Waals surface area (Å²) >= 11 is 12.1. The standard InChI is InChI=1S/C20H20Cl2O5/c1-20(2,27-15-6-4-14(21)5-7-15)19(23)26-12-13-10-16(22)18-17(11-13)24-8-3-9-25-18/h4-7,10-11H,3,8-9,12H2,1-2H3. The molecule has 0 atom stereocenters. The van der Waals surface area contributed by atoms with E-state index in [0.717, 1.165) is 6.42 Å². The molecule has 0 saturated carbocycles. The third kappa shape index (κ3) is 4.99. The topological polar surface area (TPSA) is 54.0 Å². The molecule has 144 valence electrons. The Morgan fingerprint density at radius 2 is 1.81 bits per heavy atom. The average Bonchev–Trinajstić information content (AvgIpc) is 2.87. The first kappa shape index (κ1) is 19.6. The number of carbonyl (C=O) groups is 1. The summed E-state index contributed by atoms with van der Waals surface area (Å²) in [4.78, 5) is 12.5. The summed E-state index contributed by atoms with van der Waals surface area (Å²) in [5.41, 5.74) is -0.456. The van der Waals surface area contributed by atoms with E-state index >= 15 is 0 Å². The van der Waals surface area contributed by atoms with Gasteiger partial charge in [0.15, 0.2) is 17.1 Å². The van der Waals surface area contributed by atoms with Gasteiger partial charge in [0, 0.05) is 11.4 Å². The summed E-state index contributed by atoms with van der Waals surface area (Å²) in [6.45, 7) is 4.43. The molecule has 0 spiro atoms. The van der Waals surface area contributed by atoms with Crippen molar-refractivity contribution in [2.45, 2.75) is 32.5 Å². The zero-order chi connectivity index (χ0) is 19.4. The minimum Gasteiger partial charge on any atom is -0.489 e. The highest BCUT2D eigenvalue weighted by atomic mass is 35.5. The van der Waals surface area contributed by atoms with E-state index in [-0.39, 0.29) is 6.61 Å². The van der Waals surface area contributed by atoms with Gasteiger partial charge in [0.05, 0.1) is 18.2 Å². The minimum atomic E-state index is -1.16. The molecule has 0 N–H and O–H groups in total. The quantitative estimate of drug-likeness (QED) is 0.645. The van der Waals surface area contributed by atoms with Crippen LogP contribution < -0.4 is 14.2 Å². The van der Waals surface area contributed by atoms with Crippen molar-refractivity contribution in [1.29, 1.82) is 0 Å². The minimum absolute atomic E-state index is 0.0442. The van der Waals surface area contributed by atoms with Crippen LogP contribution in [-0.2, 0) is 16.1 Å². The van der Waals surface area contributed by atoms with E-state index in [9.17, 15) is 4.79 Å². The van der Waals surface area contributed by atoms with Gasteiger partial charge in [-0.2, -0.15) is 0 Å². The second kappa shape index (κ2) is 8.28. The second-order valence-corrected chi connectivity index (χ2v) is 7.44. The Bertz CT molecular complexity index is 818. The molecular formula is C20H20Cl2O5. The van der Waals surface area contributed by atoms with Crippen LogP contribution in [-0.4, -0.2) is 24.8 Å². The normalized spacial score (nSPS) is 13.6. The van der Waals surface area contributed by atoms with Crippen molar-refractivity contribution in [3.8, 4) is 17.2 Å². The number of esters is 1. The maximum Gasteiger partial charge on any atom is 0.350 e. The van der Waals surface area contributed by atoms with Gasteiger partial charge in [-0.3, -0.25) is 0 Å². The highest BCUT2D eigenvalue weighted by molar-refractivity contribution is 6.32. The van der Waals surface area contributed by atoms with Crippen molar-refractivity contribution in [3.05, 3.63) is 52.0 Å². The highest BCUT2D eigenvalue weighted by Gasteiger charge is 2.32. The van der Waals surface area contributed by atoms with Crippen LogP contribution >= 0.6 is 23.2 Å². The van der Waals surface area contributed by atoms with Crippen molar-refractivity contribution in [2.24, 2.45) is 0 Å². The van der Waals surface area contributed by atoms with E-state index in [1.165, 1.54) is 0 Å². The van der Waals surface area contributed by atoms with Gasteiger partial charge in [-0.15, -0.1) is 0 Å². The molecule has 0 radical (unpaired) electrons. The molecule has 1 aliphatic heterocycles. The van der Waals surface area contributed by atoms with Crippen molar-refractivity contribution in [2.75, 3.05) is 13.2 Å². The summed E-state index contributed by atoms with van der Waals surface area (Å²) in [6, 6.07) is 10.3. The zero-order valence-electron chi connectivity index (χ0n) is 15.1. The van der Waals surface area contributed by atoms with E-state index in [1.807, 2.05) is 0 Å². The van der Waals surface area contributed by atoms with E-state index in [4.69, 9.17) is 42.1 Å². The van der Waals surface area contributed by atoms with Crippen LogP contribution in [0.1, 0.15) is 25.8 Å². The molecule has 0 aliphatic carbocycles. The van der Waals surface area contributed by atoms with Crippen LogP contribution in [0.4, 0.5) is 0 Å². The fourth-order valence-corrected chi connectivity index (χ4v) is 2.94. The largest absolute Gasteiger partial charge is 0.489 e. The smallest absolute Gasteiger partial charge is 0.350 e. The Kier molecular flexibility index (Phi) is 6.02. The van der Waals surface area contributed by atoms with Crippen LogP contribution in [0.15, 0.2) is 36.4 Å². The Balaban J connectivity index is 1.65. The van der Waals surface area contributed by atoms with E-state index in [1.54, 1.807) is 50.2 Å². The van der Waals surface area contributed by atoms with Crippen molar-refractivity contribution >= 4 is 29.2 Å². The number of ether oxygens (including phenoxy) is 4. The lowest BCUT2D eigenvalue weighted by Gasteiger charge is -2.24. The SMILES string of the molecule is CC(C)(Oc1ccc(Cl)cc1)C(=O)OCc1cc(Cl)c2c(c1)OCCCO2. The molecule has 2 aromatic rings. The first-order valence-corrected chi connectivity index (χ1v) is 9.30. The molecule has 5 nitrogen and oxygen atoms in total. The zero-order valence-corrected chi connectivity index (χ0v) is 16.6. The Hall–Kier alpha value is -2.11. The van der Waals surface area contributed by atoms with Gasteiger partial charge in [0.2, 0.25) is 0 Å². The van der Waals surface area contributed by atoms with E-state index < -0.39 is 11.6 Å². The van der Waals surface area contributed by atoms with Crippen molar-refractivity contribution in [3.63, 3.8) is 0 Å². The molecule has 0 unspecified atom stereocenters. The average molecular weight is 411 g/mol. The fourth-order valence-electron chi connectivity index (χ4n) is 2.53. The predicted molar refractivity (Wildman–Crippen MR) is 103 cm³/mol. The first-order chi connectivity index (χ1) is 12.8. The van der Waals surface area contributed by atoms with Crippen LogP contribution in [0.5, 0.6) is 17.2 Å². The van der Waals surface area contributed by atoms with Gasteiger partial charge in [-0.25, -0.2) is 4.79 Å². The van der Waals surface area contributed by atoms with Gasteiger partial charge in [-0.05, 0) is 55.8 Å². The highest BCUT2D eigenvalue weighted by Crippen LogP contribution is 2.38. The third-order valence-corrected chi connectivity index (χ3v) is 4.44. The summed E-state index contributed by atoms with van der Waals surface area (Å²) in [7, 11) is 0. The molecule has 2 aromatic carbocycles. The lowest BCUT2D eigenvalue weighted by atomic mass is 10.1. The maximum atomic E-state index is 12.5. The number of rotatable bonds is 5. The van der Waals surface area contributed by atoms with Crippen LogP contribution in [0.25, 0.3) is 0 Å². The van der Waals surface area contributed by atoms with E-state index in [2.05, 4.69) is 0 Å². The van der Waals surface area contributed by atoms with Crippen molar-refractivity contribution < 1.29 is 23.7 Å². The molecule has 0 saturated heterocycles. The number of halogens is 2. The molecule has 0 bridgehead atoms. The molecule has 0 fully saturated rings. The lowest BCUT2D eigenvalue weighted by molar-refractivity contribution is -0.160. The van der Waals surface area contributed by atoms with E-state index in [0.29, 0.717) is 46.1 Å². The van der Waals surface area contributed by atoms with Gasteiger partial charge in [0.25, 0.3) is 0 Å². The first-order valence-electron chi connectivity index (χ1n) is 8.55. The number of benzene rings is 2. The summed E-state index contributed by atoms with van der Waals surface area (Å²) in [6.07, 6.45) is 0.783. The third-order valence-electron chi connectivity index (χ3n) is 3.91. The molecule has 7 heteroatoms. The van der Waals surface area contributed by atoms with Gasteiger partial charge in [-0.1, -0.05) is 23.2 Å². The molecule has 27 heavy (non-hydrogen) atoms. The monoisotopic (exact) mass is 410 g/mol. The molecule has 1 heterocycles. The molecule has 0 amide bonds. The number of carbonyl (C=O) groups excluding carboxylic acids is 1. The van der Waals surface area contributed by atoms with Gasteiger partial charge in [0.1, 0.15) is 12.4 Å². The second-order valence-electron chi connectivity index (χ2n) is 6.60. The van der Waals surface area contributed by atoms with Crippen molar-refractivity contribution in [1.82, 2.24) is 0 Å². The summed E-state index contributed by atoms with van der Waals surface area (Å²) in [5, 5.41) is 1.02. The number of hydrogen-bond donors (Lipinski definition) is 0. The van der Waals surface area contributed by atoms with Gasteiger partial charge < -0.3 is 18.9 Å². The predicted octanol–water partition coefficient (Wildman–Crippen LogP) is 5.06. The number of fused-ring (bicyclic) bond motifs is 1. The molecule has 1 aliphatic rings. The number of hydrogen-bond acceptors (Lipinski definition) is 5. The maximum absolute atomic E-state index is 12.5. The fraction of sp³-hybridized carbons (Fsp3) is 0.350. The van der Waals surface area contributed by atoms with Crippen LogP contribution in [0.3, 0.4) is 0 Å². The Labute approximate surface area is 168 Å². The Morgan fingerprint density at radius 1 is 1.11 bits per heavy atom. The molecule has 0 aromatic heterocycles. The van der Waals surface area contributed by atoms with Crippen LogP contribution in [0.2, 0.25) is 10.0 Å². The summed E-state index contributed by atoms with van der Waals surface area (Å²) < 4.78 is 22.4. The summed E-state index contributed by atoms with van der Waals surface area (Å²) in [5.74, 6) is 1.11. The lowest BCUT2D eigenvalue weighted by Crippen LogP contribution is -2.39. The molecular weight excluding hydrogens is 391 g/mol. The molecule has 3 rings (SSSR count). The van der Waals surface area contributed by atoms with Crippen LogP contribution in [0, 0.1) is 0 Å². The van der Waals surface area contributed by atoms with Gasteiger partial charge >= 0.3 is 5.97 Å².